The summed E-state index contributed by atoms with van der Waals surface area (Å²) in [6.45, 7) is 10.2. The highest BCUT2D eigenvalue weighted by Gasteiger charge is 1.99. The van der Waals surface area contributed by atoms with E-state index in [0.29, 0.717) is 12.1 Å². The Morgan fingerprint density at radius 3 is 2.44 bits per heavy atom. The Balaban J connectivity index is 3.33. The number of hydrogen-bond donors (Lipinski definition) is 1. The predicted molar refractivity (Wildman–Crippen MR) is 42.5 cm³/mol. The first-order valence-corrected chi connectivity index (χ1v) is 3.59. The van der Waals surface area contributed by atoms with Crippen LogP contribution in [0.5, 0.6) is 0 Å². The van der Waals surface area contributed by atoms with Crippen LogP contribution >= 0.6 is 0 Å². The Kier molecular flexibility index (Phi) is 4.41. The minimum Gasteiger partial charge on any atom is -0.308 e. The van der Waals surface area contributed by atoms with Gasteiger partial charge in [0.1, 0.15) is 0 Å². The van der Waals surface area contributed by atoms with E-state index in [1.807, 2.05) is 6.08 Å². The molecule has 0 aromatic heterocycles. The van der Waals surface area contributed by atoms with Crippen LogP contribution < -0.4 is 5.32 Å². The van der Waals surface area contributed by atoms with Crippen molar-refractivity contribution in [2.24, 2.45) is 0 Å². The van der Waals surface area contributed by atoms with E-state index < -0.39 is 0 Å². The summed E-state index contributed by atoms with van der Waals surface area (Å²) < 4.78 is 0. The zero-order valence-corrected chi connectivity index (χ0v) is 6.65. The van der Waals surface area contributed by atoms with Crippen molar-refractivity contribution in [1.82, 2.24) is 5.32 Å². The van der Waals surface area contributed by atoms with Gasteiger partial charge in [0, 0.05) is 12.1 Å². The van der Waals surface area contributed by atoms with Crippen molar-refractivity contribution in [3.05, 3.63) is 12.7 Å². The number of hydrogen-bond acceptors (Lipinski definition) is 1. The van der Waals surface area contributed by atoms with E-state index in [4.69, 9.17) is 0 Å². The molecule has 0 aromatic carbocycles. The Morgan fingerprint density at radius 1 is 1.56 bits per heavy atom. The molecule has 0 saturated carbocycles. The molecule has 2 atom stereocenters. The molecule has 0 aromatic rings. The largest absolute Gasteiger partial charge is 0.308 e. The van der Waals surface area contributed by atoms with Gasteiger partial charge in [-0.05, 0) is 20.3 Å². The lowest BCUT2D eigenvalue weighted by molar-refractivity contribution is 0.505. The number of nitrogens with one attached hydrogen (secondary N) is 1. The van der Waals surface area contributed by atoms with Crippen LogP contribution in [0.1, 0.15) is 27.2 Å². The monoisotopic (exact) mass is 127 g/mol. The highest BCUT2D eigenvalue weighted by atomic mass is 14.9. The van der Waals surface area contributed by atoms with Crippen molar-refractivity contribution in [3.8, 4) is 0 Å². The van der Waals surface area contributed by atoms with Gasteiger partial charge in [-0.1, -0.05) is 13.0 Å². The van der Waals surface area contributed by atoms with E-state index in [2.05, 4.69) is 32.7 Å². The topological polar surface area (TPSA) is 12.0 Å². The zero-order valence-electron chi connectivity index (χ0n) is 6.65. The normalized spacial score (nSPS) is 16.8. The second-order valence-electron chi connectivity index (χ2n) is 2.50. The van der Waals surface area contributed by atoms with Gasteiger partial charge in [0.25, 0.3) is 0 Å². The molecule has 1 heteroatoms. The van der Waals surface area contributed by atoms with Crippen LogP contribution in [0.4, 0.5) is 0 Å². The maximum atomic E-state index is 3.69. The lowest BCUT2D eigenvalue weighted by Gasteiger charge is -2.14. The molecule has 0 saturated heterocycles. The van der Waals surface area contributed by atoms with Crippen molar-refractivity contribution in [2.75, 3.05) is 0 Å². The number of rotatable bonds is 4. The molecule has 2 unspecified atom stereocenters. The van der Waals surface area contributed by atoms with Crippen molar-refractivity contribution in [3.63, 3.8) is 0 Å². The molecule has 0 spiro atoms. The molecule has 0 bridgehead atoms. The zero-order chi connectivity index (χ0) is 7.28. The van der Waals surface area contributed by atoms with Gasteiger partial charge in [-0.2, -0.15) is 0 Å². The van der Waals surface area contributed by atoms with E-state index in [9.17, 15) is 0 Å². The molecule has 0 heterocycles. The lowest BCUT2D eigenvalue weighted by Crippen LogP contribution is -2.32. The van der Waals surface area contributed by atoms with Crippen LogP contribution in [0.2, 0.25) is 0 Å². The average Bonchev–Trinajstić information content (AvgIpc) is 1.87. The molecule has 1 nitrogen and oxygen atoms in total. The fraction of sp³-hybridized carbons (Fsp3) is 0.750. The van der Waals surface area contributed by atoms with Gasteiger partial charge in [0.2, 0.25) is 0 Å². The van der Waals surface area contributed by atoms with Gasteiger partial charge in [-0.15, -0.1) is 6.58 Å². The van der Waals surface area contributed by atoms with Crippen molar-refractivity contribution in [1.29, 1.82) is 0 Å². The molecule has 0 aliphatic rings. The smallest absolute Gasteiger partial charge is 0.0221 e. The Labute approximate surface area is 58.2 Å². The molecule has 0 fully saturated rings. The van der Waals surface area contributed by atoms with Gasteiger partial charge >= 0.3 is 0 Å². The van der Waals surface area contributed by atoms with Gasteiger partial charge in [0.05, 0.1) is 0 Å². The minimum atomic E-state index is 0.444. The SMILES string of the molecule is C=CC(C)NC(C)CC. The molecule has 0 aliphatic carbocycles. The molecule has 9 heavy (non-hydrogen) atoms. The Hall–Kier alpha value is -0.300. The Morgan fingerprint density at radius 2 is 2.11 bits per heavy atom. The standard InChI is InChI=1S/C8H17N/c1-5-7(3)9-8(4)6-2/h5,7-9H,1,6H2,2-4H3. The second kappa shape index (κ2) is 4.57. The molecule has 0 rings (SSSR count). The second-order valence-corrected chi connectivity index (χ2v) is 2.50. The van der Waals surface area contributed by atoms with Gasteiger partial charge in [0.15, 0.2) is 0 Å². The minimum absolute atomic E-state index is 0.444. The molecule has 1 N–H and O–H groups in total. The van der Waals surface area contributed by atoms with Crippen LogP contribution in [0.25, 0.3) is 0 Å². The Bertz CT molecular complexity index is 78.6. The summed E-state index contributed by atoms with van der Waals surface area (Å²) in [6, 6.07) is 1.05. The van der Waals surface area contributed by atoms with Gasteiger partial charge in [-0.3, -0.25) is 0 Å². The third-order valence-corrected chi connectivity index (χ3v) is 1.51. The summed E-state index contributed by atoms with van der Waals surface area (Å²) in [4.78, 5) is 0. The van der Waals surface area contributed by atoms with E-state index in [1.165, 1.54) is 6.42 Å². The van der Waals surface area contributed by atoms with Crippen molar-refractivity contribution >= 4 is 0 Å². The molecular formula is C8H17N. The third-order valence-electron chi connectivity index (χ3n) is 1.51. The van der Waals surface area contributed by atoms with E-state index in [1.54, 1.807) is 0 Å². The molecule has 0 aliphatic heterocycles. The maximum Gasteiger partial charge on any atom is 0.0221 e. The summed E-state index contributed by atoms with van der Waals surface area (Å²) in [5.41, 5.74) is 0. The van der Waals surface area contributed by atoms with Crippen molar-refractivity contribution in [2.45, 2.75) is 39.3 Å². The highest BCUT2D eigenvalue weighted by molar-refractivity contribution is 4.82. The third kappa shape index (κ3) is 4.22. The predicted octanol–water partition coefficient (Wildman–Crippen LogP) is 1.95. The van der Waals surface area contributed by atoms with Crippen LogP contribution in [-0.2, 0) is 0 Å². The van der Waals surface area contributed by atoms with Crippen LogP contribution in [0, 0.1) is 0 Å². The van der Waals surface area contributed by atoms with Crippen LogP contribution in [-0.4, -0.2) is 12.1 Å². The first kappa shape index (κ1) is 8.70. The van der Waals surface area contributed by atoms with Gasteiger partial charge in [-0.25, -0.2) is 0 Å². The van der Waals surface area contributed by atoms with Crippen LogP contribution in [0.3, 0.4) is 0 Å². The summed E-state index contributed by atoms with van der Waals surface area (Å²) in [5.74, 6) is 0. The quantitative estimate of drug-likeness (QED) is 0.569. The molecule has 0 amide bonds. The molecule has 54 valence electrons. The summed E-state index contributed by atoms with van der Waals surface area (Å²) in [5, 5.41) is 3.36. The maximum absolute atomic E-state index is 3.69. The summed E-state index contributed by atoms with van der Waals surface area (Å²) >= 11 is 0. The highest BCUT2D eigenvalue weighted by Crippen LogP contribution is 1.91. The van der Waals surface area contributed by atoms with E-state index in [-0.39, 0.29) is 0 Å². The molecule has 0 radical (unpaired) electrons. The van der Waals surface area contributed by atoms with Crippen LogP contribution in [0.15, 0.2) is 12.7 Å². The van der Waals surface area contributed by atoms with E-state index >= 15 is 0 Å². The van der Waals surface area contributed by atoms with Crippen molar-refractivity contribution < 1.29 is 0 Å². The lowest BCUT2D eigenvalue weighted by atomic mass is 10.2. The summed E-state index contributed by atoms with van der Waals surface area (Å²) in [6.07, 6.45) is 3.10. The first-order valence-electron chi connectivity index (χ1n) is 3.59. The fourth-order valence-corrected chi connectivity index (χ4v) is 0.635. The van der Waals surface area contributed by atoms with E-state index in [0.717, 1.165) is 0 Å². The molecular weight excluding hydrogens is 110 g/mol. The summed E-state index contributed by atoms with van der Waals surface area (Å²) in [7, 11) is 0. The average molecular weight is 127 g/mol. The first-order chi connectivity index (χ1) is 4.20. The van der Waals surface area contributed by atoms with Gasteiger partial charge < -0.3 is 5.32 Å². The fourth-order valence-electron chi connectivity index (χ4n) is 0.635.